The lowest BCUT2D eigenvalue weighted by atomic mass is 10.4. The fraction of sp³-hybridized carbons (Fsp3) is 0.667. The van der Waals surface area contributed by atoms with E-state index in [1.807, 2.05) is 0 Å². The summed E-state index contributed by atoms with van der Waals surface area (Å²) in [5.41, 5.74) is 2.64. The predicted octanol–water partition coefficient (Wildman–Crippen LogP) is 3.31. The molecule has 11 heavy (non-hydrogen) atoms. The van der Waals surface area contributed by atoms with Crippen molar-refractivity contribution in [2.75, 3.05) is 0 Å². The average Bonchev–Trinajstić information content (AvgIpc) is 1.97. The van der Waals surface area contributed by atoms with Crippen molar-refractivity contribution in [1.82, 2.24) is 0 Å². The molecule has 0 amide bonds. The molecule has 0 aromatic carbocycles. The predicted molar refractivity (Wildman–Crippen MR) is 52.0 cm³/mol. The summed E-state index contributed by atoms with van der Waals surface area (Å²) >= 11 is 0. The first kappa shape index (κ1) is 10.5. The monoisotopic (exact) mass is 170 g/mol. The van der Waals surface area contributed by atoms with Gasteiger partial charge >= 0.3 is 0 Å². The molecule has 64 valence electrons. The SMILES string of the molecule is C=C=CO[Si](C)(C)CCCC. The molecular formula is C9H18OSi. The van der Waals surface area contributed by atoms with E-state index >= 15 is 0 Å². The normalized spacial score (nSPS) is 10.5. The zero-order valence-corrected chi connectivity index (χ0v) is 8.81. The van der Waals surface area contributed by atoms with Gasteiger partial charge in [-0.25, -0.2) is 0 Å². The van der Waals surface area contributed by atoms with Crippen LogP contribution in [-0.2, 0) is 4.43 Å². The molecule has 0 heterocycles. The van der Waals surface area contributed by atoms with Crippen LogP contribution < -0.4 is 0 Å². The molecule has 0 aliphatic rings. The van der Waals surface area contributed by atoms with Gasteiger partial charge < -0.3 is 4.43 Å². The minimum absolute atomic E-state index is 1.22. The fourth-order valence-electron chi connectivity index (χ4n) is 0.863. The van der Waals surface area contributed by atoms with E-state index in [1.54, 1.807) is 6.26 Å². The van der Waals surface area contributed by atoms with Crippen molar-refractivity contribution in [2.45, 2.75) is 38.9 Å². The van der Waals surface area contributed by atoms with Crippen LogP contribution in [0.3, 0.4) is 0 Å². The largest absolute Gasteiger partial charge is 0.544 e. The van der Waals surface area contributed by atoms with Crippen molar-refractivity contribution < 1.29 is 4.43 Å². The van der Waals surface area contributed by atoms with Gasteiger partial charge in [-0.1, -0.05) is 32.1 Å². The Labute approximate surface area is 70.9 Å². The van der Waals surface area contributed by atoms with Crippen LogP contribution in [-0.4, -0.2) is 8.32 Å². The third-order valence-corrected chi connectivity index (χ3v) is 3.91. The maximum Gasteiger partial charge on any atom is 0.245 e. The molecular weight excluding hydrogens is 152 g/mol. The highest BCUT2D eigenvalue weighted by molar-refractivity contribution is 6.71. The maximum absolute atomic E-state index is 5.52. The van der Waals surface area contributed by atoms with Crippen LogP contribution in [0.5, 0.6) is 0 Å². The van der Waals surface area contributed by atoms with Gasteiger partial charge in [0.15, 0.2) is 0 Å². The van der Waals surface area contributed by atoms with Crippen molar-refractivity contribution >= 4 is 8.32 Å². The Bertz CT molecular complexity index is 146. The molecule has 0 radical (unpaired) electrons. The first-order valence-electron chi connectivity index (χ1n) is 4.14. The van der Waals surface area contributed by atoms with Crippen molar-refractivity contribution in [2.24, 2.45) is 0 Å². The second kappa shape index (κ2) is 5.22. The van der Waals surface area contributed by atoms with Crippen LogP contribution in [0.2, 0.25) is 19.1 Å². The van der Waals surface area contributed by atoms with Crippen molar-refractivity contribution in [1.29, 1.82) is 0 Å². The summed E-state index contributed by atoms with van der Waals surface area (Å²) in [6.07, 6.45) is 4.11. The molecule has 1 nitrogen and oxygen atoms in total. The van der Waals surface area contributed by atoms with Crippen LogP contribution in [0.1, 0.15) is 19.8 Å². The molecule has 0 aromatic rings. The number of hydrogen-bond acceptors (Lipinski definition) is 1. The van der Waals surface area contributed by atoms with Crippen LogP contribution in [0.4, 0.5) is 0 Å². The summed E-state index contributed by atoms with van der Waals surface area (Å²) in [4.78, 5) is 0. The summed E-state index contributed by atoms with van der Waals surface area (Å²) in [5, 5.41) is 0. The van der Waals surface area contributed by atoms with Crippen LogP contribution in [0.15, 0.2) is 18.6 Å². The topological polar surface area (TPSA) is 9.23 Å². The Hall–Kier alpha value is -0.463. The lowest BCUT2D eigenvalue weighted by molar-refractivity contribution is 0.469. The van der Waals surface area contributed by atoms with E-state index in [-0.39, 0.29) is 0 Å². The Morgan fingerprint density at radius 1 is 1.55 bits per heavy atom. The van der Waals surface area contributed by atoms with Crippen molar-refractivity contribution in [3.63, 3.8) is 0 Å². The van der Waals surface area contributed by atoms with Crippen molar-refractivity contribution in [3.8, 4) is 0 Å². The third kappa shape index (κ3) is 5.96. The second-order valence-corrected chi connectivity index (χ2v) is 7.56. The van der Waals surface area contributed by atoms with Gasteiger partial charge in [0.25, 0.3) is 0 Å². The minimum atomic E-state index is -1.40. The Kier molecular flexibility index (Phi) is 5.00. The van der Waals surface area contributed by atoms with Gasteiger partial charge in [-0.15, -0.1) is 0 Å². The number of unbranched alkanes of at least 4 members (excludes halogenated alkanes) is 1. The first-order valence-corrected chi connectivity index (χ1v) is 7.26. The highest BCUT2D eigenvalue weighted by Crippen LogP contribution is 2.14. The minimum Gasteiger partial charge on any atom is -0.544 e. The van der Waals surface area contributed by atoms with Gasteiger partial charge in [0.05, 0.1) is 0 Å². The quantitative estimate of drug-likeness (QED) is 0.349. The molecule has 0 saturated carbocycles. The third-order valence-electron chi connectivity index (χ3n) is 1.59. The number of hydrogen-bond donors (Lipinski definition) is 0. The Morgan fingerprint density at radius 2 is 2.18 bits per heavy atom. The van der Waals surface area contributed by atoms with Crippen LogP contribution in [0.25, 0.3) is 0 Å². The highest BCUT2D eigenvalue weighted by atomic mass is 28.4. The van der Waals surface area contributed by atoms with Gasteiger partial charge in [-0.05, 0) is 19.1 Å². The van der Waals surface area contributed by atoms with Gasteiger partial charge in [-0.2, -0.15) is 0 Å². The van der Waals surface area contributed by atoms with Gasteiger partial charge in [-0.3, -0.25) is 0 Å². The molecule has 0 unspecified atom stereocenters. The lowest BCUT2D eigenvalue weighted by Crippen LogP contribution is -2.27. The summed E-state index contributed by atoms with van der Waals surface area (Å²) in [5.74, 6) is 0. The zero-order valence-electron chi connectivity index (χ0n) is 7.81. The summed E-state index contributed by atoms with van der Waals surface area (Å²) in [7, 11) is -1.40. The maximum atomic E-state index is 5.52. The van der Waals surface area contributed by atoms with E-state index < -0.39 is 8.32 Å². The standard InChI is InChI=1S/C9H18OSi/c1-5-7-9-11(3,4)10-8-6-2/h8H,2,5,7,9H2,1,3-4H3. The van der Waals surface area contributed by atoms with E-state index in [4.69, 9.17) is 4.43 Å². The van der Waals surface area contributed by atoms with E-state index in [0.29, 0.717) is 0 Å². The molecule has 0 rings (SSSR count). The van der Waals surface area contributed by atoms with Gasteiger partial charge in [0, 0.05) is 0 Å². The molecule has 0 spiro atoms. The first-order chi connectivity index (χ1) is 5.12. The molecule has 0 N–H and O–H groups in total. The van der Waals surface area contributed by atoms with E-state index in [9.17, 15) is 0 Å². The Balaban J connectivity index is 3.69. The smallest absolute Gasteiger partial charge is 0.245 e. The molecule has 0 fully saturated rings. The van der Waals surface area contributed by atoms with Crippen molar-refractivity contribution in [3.05, 3.63) is 18.6 Å². The molecule has 0 aliphatic heterocycles. The van der Waals surface area contributed by atoms with Crippen LogP contribution in [0, 0.1) is 0 Å². The molecule has 0 bridgehead atoms. The van der Waals surface area contributed by atoms with Gasteiger partial charge in [0.1, 0.15) is 6.26 Å². The fourth-order valence-corrected chi connectivity index (χ4v) is 2.59. The zero-order chi connectivity index (χ0) is 8.74. The molecule has 0 aromatic heterocycles. The summed E-state index contributed by atoms with van der Waals surface area (Å²) in [6, 6.07) is 1.22. The van der Waals surface area contributed by atoms with Crippen LogP contribution >= 0.6 is 0 Å². The molecule has 2 heteroatoms. The summed E-state index contributed by atoms with van der Waals surface area (Å²) < 4.78 is 5.52. The summed E-state index contributed by atoms with van der Waals surface area (Å²) in [6.45, 7) is 10.1. The highest BCUT2D eigenvalue weighted by Gasteiger charge is 2.21. The second-order valence-electron chi connectivity index (χ2n) is 3.30. The molecule has 0 atom stereocenters. The molecule has 0 aliphatic carbocycles. The average molecular weight is 170 g/mol. The molecule has 0 saturated heterocycles. The lowest BCUT2D eigenvalue weighted by Gasteiger charge is -2.20. The Morgan fingerprint density at radius 3 is 2.64 bits per heavy atom. The van der Waals surface area contributed by atoms with E-state index in [0.717, 1.165) is 0 Å². The van der Waals surface area contributed by atoms with Gasteiger partial charge in [0.2, 0.25) is 8.32 Å². The van der Waals surface area contributed by atoms with E-state index in [2.05, 4.69) is 32.3 Å². The van der Waals surface area contributed by atoms with E-state index in [1.165, 1.54) is 18.9 Å². The number of rotatable bonds is 5.